The van der Waals surface area contributed by atoms with Crippen LogP contribution in [0.15, 0.2) is 52.3 Å². The van der Waals surface area contributed by atoms with Gasteiger partial charge in [-0.2, -0.15) is 5.10 Å². The zero-order valence-electron chi connectivity index (χ0n) is 16.9. The van der Waals surface area contributed by atoms with E-state index < -0.39 is 10.0 Å². The van der Waals surface area contributed by atoms with E-state index >= 15 is 0 Å². The van der Waals surface area contributed by atoms with Gasteiger partial charge in [-0.05, 0) is 23.8 Å². The summed E-state index contributed by atoms with van der Waals surface area (Å²) in [5.41, 5.74) is 1.19. The highest BCUT2D eigenvalue weighted by Gasteiger charge is 2.29. The Hall–Kier alpha value is -3.80. The molecule has 0 saturated heterocycles. The summed E-state index contributed by atoms with van der Waals surface area (Å²) in [6.07, 6.45) is 4.88. The Kier molecular flexibility index (Phi) is 5.38. The third-order valence-electron chi connectivity index (χ3n) is 4.47. The molecule has 1 N–H and O–H groups in total. The smallest absolute Gasteiger partial charge is 0.272 e. The van der Waals surface area contributed by atoms with Gasteiger partial charge in [0, 0.05) is 24.7 Å². The molecule has 11 nitrogen and oxygen atoms in total. The molecule has 0 amide bonds. The summed E-state index contributed by atoms with van der Waals surface area (Å²) in [4.78, 5) is 3.69. The van der Waals surface area contributed by atoms with Crippen LogP contribution in [0.1, 0.15) is 5.56 Å². The van der Waals surface area contributed by atoms with E-state index in [2.05, 4.69) is 20.0 Å². The minimum Gasteiger partial charge on any atom is -0.496 e. The molecule has 4 rings (SSSR count). The summed E-state index contributed by atoms with van der Waals surface area (Å²) in [5.74, 6) is 0.308. The van der Waals surface area contributed by atoms with Gasteiger partial charge in [0.1, 0.15) is 16.9 Å². The fraction of sp³-hybridized carbons (Fsp3) is 0.211. The van der Waals surface area contributed by atoms with E-state index in [4.69, 9.17) is 18.7 Å². The number of hydrogen-bond acceptors (Lipinski definition) is 9. The van der Waals surface area contributed by atoms with Crippen LogP contribution in [-0.4, -0.2) is 49.7 Å². The Morgan fingerprint density at radius 3 is 2.58 bits per heavy atom. The first-order valence-corrected chi connectivity index (χ1v) is 10.5. The maximum absolute atomic E-state index is 13.1. The van der Waals surface area contributed by atoms with Crippen molar-refractivity contribution in [1.82, 2.24) is 19.9 Å². The molecule has 4 aromatic rings. The van der Waals surface area contributed by atoms with Gasteiger partial charge in [0.25, 0.3) is 10.0 Å². The summed E-state index contributed by atoms with van der Waals surface area (Å²) < 4.78 is 51.6. The molecule has 0 aliphatic rings. The van der Waals surface area contributed by atoms with E-state index in [0.29, 0.717) is 23.3 Å². The monoisotopic (exact) mass is 445 g/mol. The summed E-state index contributed by atoms with van der Waals surface area (Å²) in [5, 5.41) is 8.44. The first-order valence-electron chi connectivity index (χ1n) is 9.00. The topological polar surface area (TPSA) is 131 Å². The third kappa shape index (κ3) is 3.84. The molecular weight excluding hydrogens is 426 g/mol. The maximum atomic E-state index is 13.1. The fourth-order valence-corrected chi connectivity index (χ4v) is 4.42. The van der Waals surface area contributed by atoms with Gasteiger partial charge in [-0.3, -0.25) is 9.40 Å². The van der Waals surface area contributed by atoms with Gasteiger partial charge in [0.15, 0.2) is 16.3 Å². The standard InChI is InChI=1S/C19H19N5O6S/c1-27-13-5-7-20-19(29-3)17(13)31(25,26)23-18-16-14(28-2)9-12(10-15(16)30-22-18)11-24-8-4-6-21-24/h4-10H,11H2,1-3H3,(H,22,23). The molecule has 0 radical (unpaired) electrons. The van der Waals surface area contributed by atoms with Crippen LogP contribution in [0.5, 0.6) is 17.4 Å². The molecule has 0 unspecified atom stereocenters. The van der Waals surface area contributed by atoms with Gasteiger partial charge in [-0.1, -0.05) is 5.16 Å². The number of ether oxygens (including phenoxy) is 3. The second-order valence-corrected chi connectivity index (χ2v) is 7.98. The molecule has 0 atom stereocenters. The number of sulfonamides is 1. The third-order valence-corrected chi connectivity index (χ3v) is 5.85. The normalized spacial score (nSPS) is 11.5. The predicted octanol–water partition coefficient (Wildman–Crippen LogP) is 2.29. The molecule has 0 spiro atoms. The van der Waals surface area contributed by atoms with E-state index in [1.165, 1.54) is 33.6 Å². The van der Waals surface area contributed by atoms with Crippen molar-refractivity contribution < 1.29 is 27.2 Å². The molecule has 0 fully saturated rings. The average Bonchev–Trinajstić information content (AvgIpc) is 3.42. The summed E-state index contributed by atoms with van der Waals surface area (Å²) in [7, 11) is -0.0473. The van der Waals surface area contributed by atoms with Crippen LogP contribution >= 0.6 is 0 Å². The molecular formula is C19H19N5O6S. The Labute approximate surface area is 177 Å². The van der Waals surface area contributed by atoms with E-state index in [1.54, 1.807) is 23.0 Å². The number of nitrogens with zero attached hydrogens (tertiary/aromatic N) is 4. The van der Waals surface area contributed by atoms with Gasteiger partial charge in [-0.15, -0.1) is 0 Å². The second kappa shape index (κ2) is 8.14. The quantitative estimate of drug-likeness (QED) is 0.434. The van der Waals surface area contributed by atoms with Crippen LogP contribution in [0.2, 0.25) is 0 Å². The molecule has 0 aliphatic heterocycles. The highest BCUT2D eigenvalue weighted by molar-refractivity contribution is 7.93. The molecule has 3 heterocycles. The first-order chi connectivity index (χ1) is 15.0. The highest BCUT2D eigenvalue weighted by Crippen LogP contribution is 2.37. The van der Waals surface area contributed by atoms with Crippen molar-refractivity contribution in [3.8, 4) is 17.4 Å². The predicted molar refractivity (Wildman–Crippen MR) is 110 cm³/mol. The lowest BCUT2D eigenvalue weighted by Crippen LogP contribution is -2.16. The summed E-state index contributed by atoms with van der Waals surface area (Å²) in [6.45, 7) is 0.477. The number of benzene rings is 1. The van der Waals surface area contributed by atoms with Crippen molar-refractivity contribution in [3.05, 3.63) is 48.4 Å². The van der Waals surface area contributed by atoms with Crippen molar-refractivity contribution >= 4 is 26.8 Å². The molecule has 3 aromatic heterocycles. The van der Waals surface area contributed by atoms with Crippen molar-refractivity contribution in [3.63, 3.8) is 0 Å². The summed E-state index contributed by atoms with van der Waals surface area (Å²) >= 11 is 0. The number of anilines is 1. The lowest BCUT2D eigenvalue weighted by Gasteiger charge is -2.13. The van der Waals surface area contributed by atoms with Gasteiger partial charge in [0.05, 0.1) is 27.9 Å². The molecule has 31 heavy (non-hydrogen) atoms. The molecule has 0 bridgehead atoms. The number of pyridine rings is 1. The number of aromatic nitrogens is 4. The number of methoxy groups -OCH3 is 3. The molecule has 12 heteroatoms. The largest absolute Gasteiger partial charge is 0.496 e. The van der Waals surface area contributed by atoms with Crippen LogP contribution in [0.4, 0.5) is 5.82 Å². The van der Waals surface area contributed by atoms with Crippen molar-refractivity contribution in [2.45, 2.75) is 11.4 Å². The lowest BCUT2D eigenvalue weighted by atomic mass is 10.1. The van der Waals surface area contributed by atoms with Crippen LogP contribution in [0.25, 0.3) is 11.0 Å². The zero-order chi connectivity index (χ0) is 22.0. The molecule has 0 aliphatic carbocycles. The highest BCUT2D eigenvalue weighted by atomic mass is 32.2. The number of hydrogen-bond donors (Lipinski definition) is 1. The number of fused-ring (bicyclic) bond motifs is 1. The molecule has 162 valence electrons. The van der Waals surface area contributed by atoms with Crippen LogP contribution < -0.4 is 18.9 Å². The van der Waals surface area contributed by atoms with E-state index in [0.717, 1.165) is 5.56 Å². The van der Waals surface area contributed by atoms with Crippen LogP contribution in [0, 0.1) is 0 Å². The minimum atomic E-state index is -4.19. The Morgan fingerprint density at radius 1 is 1.10 bits per heavy atom. The van der Waals surface area contributed by atoms with Crippen molar-refractivity contribution in [2.24, 2.45) is 0 Å². The van der Waals surface area contributed by atoms with Crippen LogP contribution in [0.3, 0.4) is 0 Å². The van der Waals surface area contributed by atoms with E-state index in [9.17, 15) is 8.42 Å². The lowest BCUT2D eigenvalue weighted by molar-refractivity contribution is 0.361. The zero-order valence-corrected chi connectivity index (χ0v) is 17.7. The van der Waals surface area contributed by atoms with Gasteiger partial charge in [-0.25, -0.2) is 13.4 Å². The Bertz CT molecular complexity index is 1300. The Balaban J connectivity index is 1.76. The van der Waals surface area contributed by atoms with E-state index in [1.807, 2.05) is 12.3 Å². The van der Waals surface area contributed by atoms with Gasteiger partial charge >= 0.3 is 0 Å². The molecule has 1 aromatic carbocycles. The maximum Gasteiger partial charge on any atom is 0.272 e. The number of rotatable bonds is 8. The van der Waals surface area contributed by atoms with Crippen molar-refractivity contribution in [2.75, 3.05) is 26.1 Å². The van der Waals surface area contributed by atoms with Gasteiger partial charge < -0.3 is 18.7 Å². The average molecular weight is 445 g/mol. The van der Waals surface area contributed by atoms with Crippen molar-refractivity contribution in [1.29, 1.82) is 0 Å². The summed E-state index contributed by atoms with van der Waals surface area (Å²) in [6, 6.07) is 6.75. The fourth-order valence-electron chi connectivity index (χ4n) is 3.14. The minimum absolute atomic E-state index is 0.0366. The Morgan fingerprint density at radius 2 is 1.90 bits per heavy atom. The SMILES string of the molecule is COc1ccnc(OC)c1S(=O)(=O)Nc1noc2cc(Cn3cccn3)cc(OC)c12. The first kappa shape index (κ1) is 20.5. The number of nitrogens with one attached hydrogen (secondary N) is 1. The molecule has 0 saturated carbocycles. The van der Waals surface area contributed by atoms with Gasteiger partial charge in [0.2, 0.25) is 5.88 Å². The van der Waals surface area contributed by atoms with Crippen LogP contribution in [-0.2, 0) is 16.6 Å². The second-order valence-electron chi connectivity index (χ2n) is 6.36. The van der Waals surface area contributed by atoms with E-state index in [-0.39, 0.29) is 22.3 Å².